The van der Waals surface area contributed by atoms with Gasteiger partial charge >= 0.3 is 0 Å². The fraction of sp³-hybridized carbons (Fsp3) is 0.696. The molecular weight excluding hydrogens is 524 g/mol. The summed E-state index contributed by atoms with van der Waals surface area (Å²) in [6, 6.07) is 5.51. The predicted octanol–water partition coefficient (Wildman–Crippen LogP) is 2.84. The van der Waals surface area contributed by atoms with Gasteiger partial charge in [-0.05, 0) is 43.5 Å². The number of ether oxygens (including phenoxy) is 2. The number of hydrogen-bond donors (Lipinski definition) is 2. The normalized spacial score (nSPS) is 19.7. The lowest BCUT2D eigenvalue weighted by Gasteiger charge is -2.35. The van der Waals surface area contributed by atoms with Crippen LogP contribution in [0.3, 0.4) is 0 Å². The molecule has 7 nitrogen and oxygen atoms in total. The number of benzene rings is 1. The molecule has 2 saturated heterocycles. The van der Waals surface area contributed by atoms with Crippen molar-refractivity contribution in [3.05, 3.63) is 29.6 Å². The Labute approximate surface area is 209 Å². The summed E-state index contributed by atoms with van der Waals surface area (Å²) in [4.78, 5) is 8.77. The van der Waals surface area contributed by atoms with Crippen LogP contribution in [0.4, 0.5) is 10.1 Å². The van der Waals surface area contributed by atoms with Crippen LogP contribution in [-0.2, 0) is 16.0 Å². The van der Waals surface area contributed by atoms with Gasteiger partial charge < -0.3 is 29.9 Å². The fourth-order valence-corrected chi connectivity index (χ4v) is 4.00. The van der Waals surface area contributed by atoms with E-state index < -0.39 is 0 Å². The summed E-state index contributed by atoms with van der Waals surface area (Å²) in [5, 5.41) is 6.53. The SMILES string of the molecule is CCN1CCN(c2ccc(CNC(=NC)NCCCOCC3CCCO3)cc2F)CC1.I. The van der Waals surface area contributed by atoms with Crippen LogP contribution in [0.1, 0.15) is 31.7 Å². The van der Waals surface area contributed by atoms with Crippen molar-refractivity contribution in [2.45, 2.75) is 38.8 Å². The third kappa shape index (κ3) is 8.64. The Morgan fingerprint density at radius 3 is 2.72 bits per heavy atom. The summed E-state index contributed by atoms with van der Waals surface area (Å²) in [5.74, 6) is 0.551. The summed E-state index contributed by atoms with van der Waals surface area (Å²) >= 11 is 0. The minimum absolute atomic E-state index is 0. The van der Waals surface area contributed by atoms with Gasteiger partial charge in [0.2, 0.25) is 0 Å². The molecule has 0 aliphatic carbocycles. The molecule has 1 aromatic carbocycles. The molecule has 1 unspecified atom stereocenters. The largest absolute Gasteiger partial charge is 0.379 e. The van der Waals surface area contributed by atoms with E-state index in [-0.39, 0.29) is 35.9 Å². The van der Waals surface area contributed by atoms with E-state index in [0.717, 1.165) is 70.7 Å². The lowest BCUT2D eigenvalue weighted by atomic mass is 10.1. The average Bonchev–Trinajstić information content (AvgIpc) is 3.32. The zero-order chi connectivity index (χ0) is 21.9. The maximum Gasteiger partial charge on any atom is 0.191 e. The zero-order valence-corrected chi connectivity index (χ0v) is 21.8. The number of likely N-dealkylation sites (N-methyl/N-ethyl adjacent to an activating group) is 1. The van der Waals surface area contributed by atoms with Gasteiger partial charge in [0.05, 0.1) is 18.4 Å². The van der Waals surface area contributed by atoms with Crippen molar-refractivity contribution in [2.24, 2.45) is 4.99 Å². The molecule has 0 bridgehead atoms. The van der Waals surface area contributed by atoms with Crippen LogP contribution in [0.5, 0.6) is 0 Å². The van der Waals surface area contributed by atoms with Crippen LogP contribution >= 0.6 is 24.0 Å². The molecule has 0 spiro atoms. The number of piperazine rings is 1. The second kappa shape index (κ2) is 14.9. The average molecular weight is 564 g/mol. The van der Waals surface area contributed by atoms with E-state index >= 15 is 0 Å². The van der Waals surface area contributed by atoms with Gasteiger partial charge in [-0.2, -0.15) is 0 Å². The molecule has 0 radical (unpaired) electrons. The minimum atomic E-state index is -0.157. The molecule has 0 saturated carbocycles. The van der Waals surface area contributed by atoms with Gasteiger partial charge in [0, 0.05) is 59.5 Å². The maximum atomic E-state index is 14.7. The molecule has 2 aliphatic heterocycles. The first-order chi connectivity index (χ1) is 15.2. The molecule has 2 aliphatic rings. The zero-order valence-electron chi connectivity index (χ0n) is 19.4. The van der Waals surface area contributed by atoms with Crippen LogP contribution in [0.15, 0.2) is 23.2 Å². The quantitative estimate of drug-likeness (QED) is 0.198. The predicted molar refractivity (Wildman–Crippen MR) is 139 cm³/mol. The molecule has 2 N–H and O–H groups in total. The summed E-state index contributed by atoms with van der Waals surface area (Å²) < 4.78 is 25.9. The van der Waals surface area contributed by atoms with Crippen molar-refractivity contribution in [1.82, 2.24) is 15.5 Å². The Morgan fingerprint density at radius 1 is 1.25 bits per heavy atom. The van der Waals surface area contributed by atoms with Gasteiger partial charge in [-0.25, -0.2) is 4.39 Å². The highest BCUT2D eigenvalue weighted by Crippen LogP contribution is 2.22. The maximum absolute atomic E-state index is 14.7. The van der Waals surface area contributed by atoms with Crippen LogP contribution in [-0.4, -0.2) is 83.1 Å². The molecule has 32 heavy (non-hydrogen) atoms. The van der Waals surface area contributed by atoms with E-state index in [0.29, 0.717) is 31.4 Å². The number of hydrogen-bond acceptors (Lipinski definition) is 5. The topological polar surface area (TPSA) is 61.4 Å². The molecule has 2 heterocycles. The van der Waals surface area contributed by atoms with Gasteiger partial charge in [-0.3, -0.25) is 4.99 Å². The summed E-state index contributed by atoms with van der Waals surface area (Å²) in [6.45, 7) is 10.5. The lowest BCUT2D eigenvalue weighted by Crippen LogP contribution is -2.46. The second-order valence-corrected chi connectivity index (χ2v) is 8.12. The summed E-state index contributed by atoms with van der Waals surface area (Å²) in [6.07, 6.45) is 3.41. The number of aliphatic imine (C=N–C) groups is 1. The standard InChI is InChI=1S/C23H38FN5O2.HI/c1-3-28-10-12-29(13-11-28)22-8-7-19(16-21(22)24)17-27-23(25-2)26-9-5-14-30-18-20-6-4-15-31-20;/h7-8,16,20H,3-6,9-15,17-18H2,1-2H3,(H2,25,26,27);1H. The van der Waals surface area contributed by atoms with Gasteiger partial charge in [0.1, 0.15) is 5.82 Å². The number of nitrogens with one attached hydrogen (secondary N) is 2. The molecule has 1 aromatic rings. The molecule has 182 valence electrons. The first-order valence-electron chi connectivity index (χ1n) is 11.6. The number of rotatable bonds is 10. The molecule has 0 aromatic heterocycles. The third-order valence-corrected chi connectivity index (χ3v) is 5.94. The second-order valence-electron chi connectivity index (χ2n) is 8.12. The Bertz CT molecular complexity index is 695. The first-order valence-corrected chi connectivity index (χ1v) is 11.6. The third-order valence-electron chi connectivity index (χ3n) is 5.94. The van der Waals surface area contributed by atoms with Gasteiger partial charge in [0.25, 0.3) is 0 Å². The Balaban J connectivity index is 0.00000363. The molecule has 0 amide bonds. The van der Waals surface area contributed by atoms with Crippen LogP contribution in [0, 0.1) is 5.82 Å². The van der Waals surface area contributed by atoms with Gasteiger partial charge in [-0.1, -0.05) is 13.0 Å². The van der Waals surface area contributed by atoms with E-state index in [1.54, 1.807) is 13.1 Å². The van der Waals surface area contributed by atoms with E-state index in [1.165, 1.54) is 0 Å². The van der Waals surface area contributed by atoms with Crippen molar-refractivity contribution in [1.29, 1.82) is 0 Å². The Kier molecular flexibility index (Phi) is 12.6. The highest BCUT2D eigenvalue weighted by Gasteiger charge is 2.18. The number of anilines is 1. The first kappa shape index (κ1) is 27.1. The number of nitrogens with zero attached hydrogens (tertiary/aromatic N) is 3. The van der Waals surface area contributed by atoms with Crippen molar-refractivity contribution >= 4 is 35.6 Å². The van der Waals surface area contributed by atoms with Crippen molar-refractivity contribution in [3.8, 4) is 0 Å². The number of halogens is 2. The van der Waals surface area contributed by atoms with Crippen LogP contribution in [0.25, 0.3) is 0 Å². The van der Waals surface area contributed by atoms with Crippen molar-refractivity contribution in [3.63, 3.8) is 0 Å². The molecule has 3 rings (SSSR count). The highest BCUT2D eigenvalue weighted by atomic mass is 127. The van der Waals surface area contributed by atoms with Crippen molar-refractivity contribution in [2.75, 3.05) is 71.0 Å². The van der Waals surface area contributed by atoms with Gasteiger partial charge in [0.15, 0.2) is 5.96 Å². The van der Waals surface area contributed by atoms with Crippen LogP contribution in [0.2, 0.25) is 0 Å². The summed E-state index contributed by atoms with van der Waals surface area (Å²) in [7, 11) is 1.74. The Morgan fingerprint density at radius 2 is 2.06 bits per heavy atom. The van der Waals surface area contributed by atoms with E-state index in [4.69, 9.17) is 9.47 Å². The minimum Gasteiger partial charge on any atom is -0.379 e. The molecule has 1 atom stereocenters. The molecular formula is C23H39FIN5O2. The summed E-state index contributed by atoms with van der Waals surface area (Å²) in [5.41, 5.74) is 1.60. The van der Waals surface area contributed by atoms with Crippen molar-refractivity contribution < 1.29 is 13.9 Å². The molecule has 9 heteroatoms. The highest BCUT2D eigenvalue weighted by molar-refractivity contribution is 14.0. The van der Waals surface area contributed by atoms with E-state index in [9.17, 15) is 4.39 Å². The Hall–Kier alpha value is -1.17. The van der Waals surface area contributed by atoms with E-state index in [2.05, 4.69) is 32.3 Å². The van der Waals surface area contributed by atoms with E-state index in [1.807, 2.05) is 12.1 Å². The monoisotopic (exact) mass is 563 g/mol. The smallest absolute Gasteiger partial charge is 0.191 e. The fourth-order valence-electron chi connectivity index (χ4n) is 4.00. The van der Waals surface area contributed by atoms with Crippen LogP contribution < -0.4 is 15.5 Å². The molecule has 2 fully saturated rings. The number of guanidine groups is 1. The lowest BCUT2D eigenvalue weighted by molar-refractivity contribution is 0.0168. The van der Waals surface area contributed by atoms with Gasteiger partial charge in [-0.15, -0.1) is 24.0 Å².